The van der Waals surface area contributed by atoms with Crippen molar-refractivity contribution >= 4 is 11.9 Å². The van der Waals surface area contributed by atoms with E-state index in [1.807, 2.05) is 0 Å². The number of carbonyl (C=O) groups excluding carboxylic acids is 1. The lowest BCUT2D eigenvalue weighted by Gasteiger charge is -2.35. The molecular formula is C17H19F3N2O4. The van der Waals surface area contributed by atoms with Gasteiger partial charge in [-0.25, -0.2) is 0 Å². The van der Waals surface area contributed by atoms with Crippen LogP contribution in [0.25, 0.3) is 0 Å². The number of ether oxygens (including phenoxy) is 1. The third kappa shape index (κ3) is 3.67. The number of carbonyl (C=O) groups is 2. The van der Waals surface area contributed by atoms with Crippen LogP contribution in [0.15, 0.2) is 18.3 Å². The lowest BCUT2D eigenvalue weighted by atomic mass is 9.84. The van der Waals surface area contributed by atoms with Gasteiger partial charge in [-0.1, -0.05) is 0 Å². The second-order valence-electron chi connectivity index (χ2n) is 6.60. The number of piperidine rings is 1. The first-order valence-corrected chi connectivity index (χ1v) is 8.45. The van der Waals surface area contributed by atoms with Crippen LogP contribution in [-0.4, -0.2) is 52.7 Å². The fraction of sp³-hybridized carbons (Fsp3) is 0.588. The first kappa shape index (κ1) is 18.6. The van der Waals surface area contributed by atoms with Crippen LogP contribution in [0.4, 0.5) is 13.2 Å². The van der Waals surface area contributed by atoms with E-state index in [1.165, 1.54) is 11.1 Å². The molecule has 9 heteroatoms. The number of pyridine rings is 1. The van der Waals surface area contributed by atoms with Crippen molar-refractivity contribution in [1.29, 1.82) is 0 Å². The minimum Gasteiger partial charge on any atom is -0.481 e. The van der Waals surface area contributed by atoms with Gasteiger partial charge in [-0.3, -0.25) is 14.6 Å². The van der Waals surface area contributed by atoms with Crippen LogP contribution >= 0.6 is 0 Å². The van der Waals surface area contributed by atoms with Crippen LogP contribution in [0.5, 0.6) is 0 Å². The predicted octanol–water partition coefficient (Wildman–Crippen LogP) is 2.44. The lowest BCUT2D eigenvalue weighted by Crippen LogP contribution is -2.44. The Bertz CT molecular complexity index is 687. The Kier molecular flexibility index (Phi) is 5.17. The van der Waals surface area contributed by atoms with Crippen molar-refractivity contribution in [2.75, 3.05) is 19.7 Å². The Balaban J connectivity index is 1.67. The molecule has 2 aliphatic heterocycles. The quantitative estimate of drug-likeness (QED) is 0.882. The van der Waals surface area contributed by atoms with Gasteiger partial charge in [0, 0.05) is 25.9 Å². The molecule has 1 N–H and O–H groups in total. The SMILES string of the molecule is O=C(O)C1CCO[C@H]1C1CCN(C(=O)c2ncccc2C(F)(F)F)CC1. The van der Waals surface area contributed by atoms with Crippen molar-refractivity contribution in [1.82, 2.24) is 9.88 Å². The van der Waals surface area contributed by atoms with Gasteiger partial charge in [0.25, 0.3) is 5.91 Å². The van der Waals surface area contributed by atoms with E-state index in [1.54, 1.807) is 0 Å². The highest BCUT2D eigenvalue weighted by Crippen LogP contribution is 2.35. The number of amides is 1. The maximum atomic E-state index is 13.1. The Hall–Kier alpha value is -2.16. The first-order valence-electron chi connectivity index (χ1n) is 8.45. The van der Waals surface area contributed by atoms with Gasteiger partial charge >= 0.3 is 12.1 Å². The summed E-state index contributed by atoms with van der Waals surface area (Å²) in [6.07, 6.45) is -2.43. The monoisotopic (exact) mass is 372 g/mol. The number of halogens is 3. The topological polar surface area (TPSA) is 79.7 Å². The Labute approximate surface area is 148 Å². The van der Waals surface area contributed by atoms with Gasteiger partial charge in [0.2, 0.25) is 0 Å². The zero-order valence-corrected chi connectivity index (χ0v) is 13.9. The van der Waals surface area contributed by atoms with Crippen molar-refractivity contribution in [3.63, 3.8) is 0 Å². The van der Waals surface area contributed by atoms with E-state index in [0.29, 0.717) is 25.9 Å². The molecule has 1 amide bonds. The van der Waals surface area contributed by atoms with Crippen molar-refractivity contribution in [2.24, 2.45) is 11.8 Å². The molecule has 2 saturated heterocycles. The number of aliphatic carboxylic acids is 1. The summed E-state index contributed by atoms with van der Waals surface area (Å²) in [6, 6.07) is 1.99. The normalized spacial score (nSPS) is 24.7. The third-order valence-corrected chi connectivity index (χ3v) is 5.06. The van der Waals surface area contributed by atoms with Crippen LogP contribution in [0, 0.1) is 11.8 Å². The predicted molar refractivity (Wildman–Crippen MR) is 83.3 cm³/mol. The van der Waals surface area contributed by atoms with E-state index in [4.69, 9.17) is 4.74 Å². The molecule has 0 aliphatic carbocycles. The summed E-state index contributed by atoms with van der Waals surface area (Å²) >= 11 is 0. The molecule has 6 nitrogen and oxygen atoms in total. The minimum absolute atomic E-state index is 0.0199. The van der Waals surface area contributed by atoms with Crippen LogP contribution in [0.1, 0.15) is 35.3 Å². The Morgan fingerprint density at radius 1 is 1.23 bits per heavy atom. The number of carboxylic acid groups (broad SMARTS) is 1. The second-order valence-corrected chi connectivity index (χ2v) is 6.60. The summed E-state index contributed by atoms with van der Waals surface area (Å²) < 4.78 is 44.8. The summed E-state index contributed by atoms with van der Waals surface area (Å²) in [4.78, 5) is 28.8. The molecule has 0 radical (unpaired) electrons. The average Bonchev–Trinajstić information content (AvgIpc) is 3.10. The van der Waals surface area contributed by atoms with Gasteiger partial charge in [-0.15, -0.1) is 0 Å². The summed E-state index contributed by atoms with van der Waals surface area (Å²) in [5, 5.41) is 9.25. The van der Waals surface area contributed by atoms with Gasteiger partial charge in [0.15, 0.2) is 0 Å². The molecule has 3 heterocycles. The molecule has 1 unspecified atom stereocenters. The molecule has 3 rings (SSSR count). The maximum Gasteiger partial charge on any atom is 0.418 e. The van der Waals surface area contributed by atoms with E-state index < -0.39 is 41.3 Å². The zero-order valence-electron chi connectivity index (χ0n) is 13.9. The Morgan fingerprint density at radius 3 is 2.54 bits per heavy atom. The number of alkyl halides is 3. The molecule has 2 atom stereocenters. The number of aromatic nitrogens is 1. The molecule has 2 fully saturated rings. The third-order valence-electron chi connectivity index (χ3n) is 5.06. The number of hydrogen-bond donors (Lipinski definition) is 1. The van der Waals surface area contributed by atoms with Gasteiger partial charge in [0.05, 0.1) is 17.6 Å². The maximum absolute atomic E-state index is 13.1. The molecule has 2 aliphatic rings. The van der Waals surface area contributed by atoms with Crippen molar-refractivity contribution in [3.05, 3.63) is 29.6 Å². The van der Waals surface area contributed by atoms with Crippen LogP contribution in [-0.2, 0) is 15.7 Å². The number of carboxylic acids is 1. The minimum atomic E-state index is -4.65. The highest BCUT2D eigenvalue weighted by molar-refractivity contribution is 5.94. The summed E-state index contributed by atoms with van der Waals surface area (Å²) in [6.45, 7) is 0.900. The first-order chi connectivity index (χ1) is 12.3. The van der Waals surface area contributed by atoms with Gasteiger partial charge < -0.3 is 14.7 Å². The molecule has 0 aromatic carbocycles. The van der Waals surface area contributed by atoms with E-state index in [-0.39, 0.29) is 19.0 Å². The highest BCUT2D eigenvalue weighted by atomic mass is 19.4. The van der Waals surface area contributed by atoms with Gasteiger partial charge in [0.1, 0.15) is 5.69 Å². The fourth-order valence-corrected chi connectivity index (χ4v) is 3.73. The summed E-state index contributed by atoms with van der Waals surface area (Å²) in [7, 11) is 0. The molecule has 26 heavy (non-hydrogen) atoms. The number of hydrogen-bond acceptors (Lipinski definition) is 4. The Morgan fingerprint density at radius 2 is 1.92 bits per heavy atom. The molecule has 1 aromatic rings. The molecule has 0 bridgehead atoms. The van der Waals surface area contributed by atoms with Crippen LogP contribution < -0.4 is 0 Å². The number of rotatable bonds is 3. The highest BCUT2D eigenvalue weighted by Gasteiger charge is 2.42. The summed E-state index contributed by atoms with van der Waals surface area (Å²) in [5.74, 6) is -2.23. The van der Waals surface area contributed by atoms with Gasteiger partial charge in [-0.05, 0) is 37.3 Å². The molecule has 0 spiro atoms. The van der Waals surface area contributed by atoms with Crippen LogP contribution in [0.3, 0.4) is 0 Å². The van der Waals surface area contributed by atoms with Gasteiger partial charge in [-0.2, -0.15) is 13.2 Å². The van der Waals surface area contributed by atoms with E-state index in [9.17, 15) is 27.9 Å². The standard InChI is InChI=1S/C17H19F3N2O4/c18-17(19,20)12-2-1-6-21-13(12)15(23)22-7-3-10(4-8-22)14-11(16(24)25)5-9-26-14/h1-2,6,10-11,14H,3-5,7-9H2,(H,24,25)/t11?,14-/m0/s1. The van der Waals surface area contributed by atoms with Crippen molar-refractivity contribution in [2.45, 2.75) is 31.5 Å². The summed E-state index contributed by atoms with van der Waals surface area (Å²) in [5.41, 5.74) is -1.64. The molecule has 1 aromatic heterocycles. The number of likely N-dealkylation sites (tertiary alicyclic amines) is 1. The van der Waals surface area contributed by atoms with Crippen molar-refractivity contribution in [3.8, 4) is 0 Å². The molecular weight excluding hydrogens is 353 g/mol. The lowest BCUT2D eigenvalue weighted by molar-refractivity contribution is -0.145. The van der Waals surface area contributed by atoms with E-state index >= 15 is 0 Å². The molecule has 142 valence electrons. The number of nitrogens with zero attached hydrogens (tertiary/aromatic N) is 2. The van der Waals surface area contributed by atoms with E-state index in [2.05, 4.69) is 4.98 Å². The fourth-order valence-electron chi connectivity index (χ4n) is 3.73. The van der Waals surface area contributed by atoms with Crippen LogP contribution in [0.2, 0.25) is 0 Å². The zero-order chi connectivity index (χ0) is 18.9. The second kappa shape index (κ2) is 7.22. The average molecular weight is 372 g/mol. The molecule has 0 saturated carbocycles. The van der Waals surface area contributed by atoms with Crippen molar-refractivity contribution < 1.29 is 32.6 Å². The smallest absolute Gasteiger partial charge is 0.418 e. The largest absolute Gasteiger partial charge is 0.481 e. The van der Waals surface area contributed by atoms with E-state index in [0.717, 1.165) is 12.1 Å².